The zero-order valence-electron chi connectivity index (χ0n) is 12.8. The average molecular weight is 266 g/mol. The predicted molar refractivity (Wildman–Crippen MR) is 78.7 cm³/mol. The molecule has 1 amide bonds. The van der Waals surface area contributed by atoms with Crippen LogP contribution in [0.2, 0.25) is 0 Å². The minimum Gasteiger partial charge on any atom is -0.339 e. The van der Waals surface area contributed by atoms with Gasteiger partial charge in [0.2, 0.25) is 5.91 Å². The Hall–Kier alpha value is -0.570. The van der Waals surface area contributed by atoms with Gasteiger partial charge in [-0.3, -0.25) is 4.79 Å². The maximum Gasteiger partial charge on any atom is 0.222 e. The summed E-state index contributed by atoms with van der Waals surface area (Å²) in [7, 11) is 0. The summed E-state index contributed by atoms with van der Waals surface area (Å²) in [5.41, 5.74) is 5.76. The topological polar surface area (TPSA) is 46.3 Å². The first-order valence-electron chi connectivity index (χ1n) is 7.97. The molecule has 1 heterocycles. The van der Waals surface area contributed by atoms with Crippen LogP contribution < -0.4 is 5.73 Å². The summed E-state index contributed by atoms with van der Waals surface area (Å²) in [6.45, 7) is 7.34. The van der Waals surface area contributed by atoms with Crippen molar-refractivity contribution in [1.29, 1.82) is 0 Å². The molecule has 3 heteroatoms. The fourth-order valence-electron chi connectivity index (χ4n) is 3.80. The normalized spacial score (nSPS) is 32.0. The minimum absolute atomic E-state index is 0.231. The van der Waals surface area contributed by atoms with E-state index in [2.05, 4.69) is 11.8 Å². The van der Waals surface area contributed by atoms with Crippen molar-refractivity contribution in [2.24, 2.45) is 17.6 Å². The van der Waals surface area contributed by atoms with Gasteiger partial charge in [-0.25, -0.2) is 0 Å². The lowest BCUT2D eigenvalue weighted by molar-refractivity contribution is -0.139. The van der Waals surface area contributed by atoms with Crippen LogP contribution in [0.25, 0.3) is 0 Å². The molecular weight excluding hydrogens is 236 g/mol. The zero-order valence-corrected chi connectivity index (χ0v) is 12.8. The van der Waals surface area contributed by atoms with E-state index in [0.29, 0.717) is 18.4 Å². The number of likely N-dealkylation sites (tertiary alicyclic amines) is 1. The smallest absolute Gasteiger partial charge is 0.222 e. The summed E-state index contributed by atoms with van der Waals surface area (Å²) in [4.78, 5) is 14.7. The molecule has 0 aromatic heterocycles. The predicted octanol–water partition coefficient (Wildman–Crippen LogP) is 2.93. The molecule has 0 aromatic carbocycles. The molecule has 19 heavy (non-hydrogen) atoms. The third-order valence-electron chi connectivity index (χ3n) is 5.04. The van der Waals surface area contributed by atoms with E-state index < -0.39 is 0 Å². The van der Waals surface area contributed by atoms with E-state index in [1.807, 2.05) is 13.8 Å². The third kappa shape index (κ3) is 3.71. The Labute approximate surface area is 117 Å². The van der Waals surface area contributed by atoms with Crippen LogP contribution in [-0.2, 0) is 4.79 Å². The van der Waals surface area contributed by atoms with Crippen LogP contribution in [0.15, 0.2) is 0 Å². The standard InChI is InChI=1S/C16H30N2O/c1-12-9-11-18(14-7-5-4-6-13(12)14)15(19)8-10-16(2,3)17/h12-14H,4-11,17H2,1-3H3. The number of hydrogen-bond acceptors (Lipinski definition) is 2. The molecule has 0 spiro atoms. The van der Waals surface area contributed by atoms with Gasteiger partial charge in [0.1, 0.15) is 0 Å². The van der Waals surface area contributed by atoms with Gasteiger partial charge < -0.3 is 10.6 Å². The third-order valence-corrected chi connectivity index (χ3v) is 5.04. The van der Waals surface area contributed by atoms with Gasteiger partial charge >= 0.3 is 0 Å². The summed E-state index contributed by atoms with van der Waals surface area (Å²) in [5.74, 6) is 1.87. The highest BCUT2D eigenvalue weighted by Crippen LogP contribution is 2.39. The quantitative estimate of drug-likeness (QED) is 0.853. The van der Waals surface area contributed by atoms with Gasteiger partial charge in [0, 0.05) is 24.5 Å². The number of piperidine rings is 1. The highest BCUT2D eigenvalue weighted by molar-refractivity contribution is 5.76. The second-order valence-corrected chi connectivity index (χ2v) is 7.36. The van der Waals surface area contributed by atoms with Crippen molar-refractivity contribution in [1.82, 2.24) is 4.90 Å². The molecule has 1 aliphatic heterocycles. The van der Waals surface area contributed by atoms with Gasteiger partial charge in [0.15, 0.2) is 0 Å². The first kappa shape index (κ1) is 14.8. The van der Waals surface area contributed by atoms with Crippen LogP contribution in [0.1, 0.15) is 65.7 Å². The summed E-state index contributed by atoms with van der Waals surface area (Å²) in [6, 6.07) is 0.519. The van der Waals surface area contributed by atoms with Crippen molar-refractivity contribution in [3.05, 3.63) is 0 Å². The number of fused-ring (bicyclic) bond motifs is 1. The molecule has 1 aliphatic carbocycles. The van der Waals surface area contributed by atoms with Crippen molar-refractivity contribution in [2.45, 2.75) is 77.3 Å². The Morgan fingerprint density at radius 1 is 1.26 bits per heavy atom. The molecule has 2 aliphatic rings. The van der Waals surface area contributed by atoms with Crippen LogP contribution in [-0.4, -0.2) is 28.9 Å². The lowest BCUT2D eigenvalue weighted by atomic mass is 9.72. The highest BCUT2D eigenvalue weighted by atomic mass is 16.2. The first-order valence-corrected chi connectivity index (χ1v) is 7.97. The Kier molecular flexibility index (Phi) is 4.54. The molecule has 2 N–H and O–H groups in total. The number of rotatable bonds is 3. The maximum atomic E-state index is 12.5. The van der Waals surface area contributed by atoms with E-state index in [0.717, 1.165) is 24.8 Å². The number of hydrogen-bond donors (Lipinski definition) is 1. The van der Waals surface area contributed by atoms with Gasteiger partial charge in [0.25, 0.3) is 0 Å². The molecule has 110 valence electrons. The number of nitrogens with zero attached hydrogens (tertiary/aromatic N) is 1. The molecule has 0 radical (unpaired) electrons. The van der Waals surface area contributed by atoms with Gasteiger partial charge in [-0.15, -0.1) is 0 Å². The van der Waals surface area contributed by atoms with Crippen LogP contribution >= 0.6 is 0 Å². The molecule has 0 aromatic rings. The minimum atomic E-state index is -0.231. The summed E-state index contributed by atoms with van der Waals surface area (Å²) in [6.07, 6.45) is 7.75. The average Bonchev–Trinajstić information content (AvgIpc) is 2.36. The van der Waals surface area contributed by atoms with Crippen LogP contribution in [0, 0.1) is 11.8 Å². The van der Waals surface area contributed by atoms with Crippen LogP contribution in [0.5, 0.6) is 0 Å². The Morgan fingerprint density at radius 2 is 1.95 bits per heavy atom. The summed E-state index contributed by atoms with van der Waals surface area (Å²) < 4.78 is 0. The van der Waals surface area contributed by atoms with Gasteiger partial charge in [-0.1, -0.05) is 19.8 Å². The zero-order chi connectivity index (χ0) is 14.0. The largest absolute Gasteiger partial charge is 0.339 e. The SMILES string of the molecule is CC1CCN(C(=O)CCC(C)(C)N)C2CCCCC12. The van der Waals surface area contributed by atoms with E-state index in [1.165, 1.54) is 32.1 Å². The Balaban J connectivity index is 1.96. The molecule has 0 bridgehead atoms. The molecule has 3 unspecified atom stereocenters. The lowest BCUT2D eigenvalue weighted by Crippen LogP contribution is -2.52. The molecule has 1 saturated heterocycles. The van der Waals surface area contributed by atoms with Crippen LogP contribution in [0.4, 0.5) is 0 Å². The molecule has 3 atom stereocenters. The van der Waals surface area contributed by atoms with Gasteiger partial charge in [-0.2, -0.15) is 0 Å². The number of amides is 1. The molecule has 1 saturated carbocycles. The van der Waals surface area contributed by atoms with Crippen LogP contribution in [0.3, 0.4) is 0 Å². The van der Waals surface area contributed by atoms with Crippen molar-refractivity contribution >= 4 is 5.91 Å². The number of carbonyl (C=O) groups is 1. The Morgan fingerprint density at radius 3 is 2.63 bits per heavy atom. The summed E-state index contributed by atoms with van der Waals surface area (Å²) >= 11 is 0. The fraction of sp³-hybridized carbons (Fsp3) is 0.938. The van der Waals surface area contributed by atoms with Crippen molar-refractivity contribution in [3.8, 4) is 0 Å². The maximum absolute atomic E-state index is 12.5. The summed E-state index contributed by atoms with van der Waals surface area (Å²) in [5, 5.41) is 0. The van der Waals surface area contributed by atoms with Crippen molar-refractivity contribution in [3.63, 3.8) is 0 Å². The molecule has 2 fully saturated rings. The highest BCUT2D eigenvalue weighted by Gasteiger charge is 2.39. The van der Waals surface area contributed by atoms with Crippen molar-refractivity contribution < 1.29 is 4.79 Å². The molecular formula is C16H30N2O. The Bertz CT molecular complexity index is 321. The second kappa shape index (κ2) is 5.82. The molecule has 2 rings (SSSR count). The number of nitrogens with two attached hydrogens (primary N) is 1. The van der Waals surface area contributed by atoms with E-state index in [4.69, 9.17) is 5.73 Å². The molecule has 3 nitrogen and oxygen atoms in total. The fourth-order valence-corrected chi connectivity index (χ4v) is 3.80. The lowest BCUT2D eigenvalue weighted by Gasteiger charge is -2.47. The van der Waals surface area contributed by atoms with E-state index in [-0.39, 0.29) is 5.54 Å². The number of carbonyl (C=O) groups excluding carboxylic acids is 1. The van der Waals surface area contributed by atoms with Crippen molar-refractivity contribution in [2.75, 3.05) is 6.54 Å². The first-order chi connectivity index (χ1) is 8.88. The van der Waals surface area contributed by atoms with E-state index in [1.54, 1.807) is 0 Å². The van der Waals surface area contributed by atoms with Gasteiger partial charge in [0.05, 0.1) is 0 Å². The van der Waals surface area contributed by atoms with Gasteiger partial charge in [-0.05, 0) is 51.4 Å². The van der Waals surface area contributed by atoms with E-state index in [9.17, 15) is 4.79 Å². The second-order valence-electron chi connectivity index (χ2n) is 7.36. The van der Waals surface area contributed by atoms with E-state index >= 15 is 0 Å². The monoisotopic (exact) mass is 266 g/mol.